The molecule has 0 heterocycles. The maximum atomic E-state index is 8.47. The van der Waals surface area contributed by atoms with Gasteiger partial charge in [-0.1, -0.05) is 78.6 Å². The van der Waals surface area contributed by atoms with Gasteiger partial charge in [0.05, 0.1) is 0 Å². The fraction of sp³-hybridized carbons (Fsp3) is 0.860. The monoisotopic (exact) mass is 859 g/mol. The zero-order valence-corrected chi connectivity index (χ0v) is 42.6. The molecular weight excluding hydrogens is 751 g/mol. The van der Waals surface area contributed by atoms with Gasteiger partial charge in [0.25, 0.3) is 0 Å². The minimum absolute atomic E-state index is 1.15. The summed E-state index contributed by atoms with van der Waals surface area (Å²) in [6.07, 6.45) is 67.0. The van der Waals surface area contributed by atoms with Crippen molar-refractivity contribution >= 4 is 23.3 Å². The molecule has 0 aliphatic heterocycles. The van der Waals surface area contributed by atoms with E-state index in [1.54, 1.807) is 0 Å². The molecule has 0 spiro atoms. The van der Waals surface area contributed by atoms with Crippen molar-refractivity contribution in [3.63, 3.8) is 0 Å². The van der Waals surface area contributed by atoms with E-state index in [9.17, 15) is 0 Å². The van der Waals surface area contributed by atoms with Crippen LogP contribution in [0.15, 0.2) is 30.8 Å². The normalized spacial score (nSPS) is 12.6. The summed E-state index contributed by atoms with van der Waals surface area (Å²) in [5.74, 6) is -2.43. The molecule has 0 aliphatic carbocycles. The Morgan fingerprint density at radius 3 is 0.746 bits per heavy atom. The molecule has 1 aromatic carbocycles. The van der Waals surface area contributed by atoms with Gasteiger partial charge >= 0.3 is 302 Å². The molecule has 348 valence electrons. The molecule has 2 heteroatoms. The summed E-state index contributed by atoms with van der Waals surface area (Å²) >= 11 is 8.47. The van der Waals surface area contributed by atoms with Crippen molar-refractivity contribution in [3.8, 4) is 0 Å². The molecule has 0 aromatic heterocycles. The van der Waals surface area contributed by atoms with Gasteiger partial charge in [0.15, 0.2) is 0 Å². The predicted molar refractivity (Wildman–Crippen MR) is 279 cm³/mol. The zero-order valence-electron chi connectivity index (χ0n) is 40.9. The first-order valence-corrected chi connectivity index (χ1v) is 31.3. The van der Waals surface area contributed by atoms with E-state index in [-0.39, 0.29) is 0 Å². The van der Waals surface area contributed by atoms with Crippen LogP contribution in [0.25, 0.3) is 6.08 Å². The van der Waals surface area contributed by atoms with E-state index in [2.05, 4.69) is 51.6 Å². The van der Waals surface area contributed by atoms with Crippen molar-refractivity contribution in [2.24, 2.45) is 0 Å². The molecule has 0 atom stereocenters. The van der Waals surface area contributed by atoms with E-state index in [1.807, 2.05) is 6.08 Å². The van der Waals surface area contributed by atoms with Crippen molar-refractivity contribution in [1.82, 2.24) is 0 Å². The molecule has 1 rings (SSSR count). The molecule has 0 amide bonds. The summed E-state index contributed by atoms with van der Waals surface area (Å²) in [6.45, 7) is 11.0. The molecule has 1 aromatic rings. The van der Waals surface area contributed by atoms with Crippen LogP contribution in [0.4, 0.5) is 0 Å². The molecule has 0 bridgehead atoms. The fourth-order valence-electron chi connectivity index (χ4n) is 9.89. The van der Waals surface area contributed by atoms with Crippen LogP contribution in [-0.4, -0.2) is 18.5 Å². The first kappa shape index (κ1) is 56.7. The SMILES string of the molecule is C=Cc1ccc(CP(Cl)(CCCCCCCCCCCCCCCC)(CCCCCCCCCCCCCCCC)CCCCCCCCCCCCCCCC)cc1. The van der Waals surface area contributed by atoms with Gasteiger partial charge in [0.2, 0.25) is 0 Å². The van der Waals surface area contributed by atoms with Gasteiger partial charge in [-0.25, -0.2) is 0 Å². The van der Waals surface area contributed by atoms with Gasteiger partial charge in [-0.15, -0.1) is 0 Å². The third kappa shape index (κ3) is 34.8. The topological polar surface area (TPSA) is 0 Å². The number of unbranched alkanes of at least 4 members (excludes halogenated alkanes) is 39. The first-order valence-electron chi connectivity index (χ1n) is 27.4. The third-order valence-corrected chi connectivity index (χ3v) is 21.3. The summed E-state index contributed by atoms with van der Waals surface area (Å²) in [5, 5.41) is 0. The van der Waals surface area contributed by atoms with Gasteiger partial charge in [-0.05, 0) is 0 Å². The Morgan fingerprint density at radius 1 is 0.339 bits per heavy atom. The zero-order chi connectivity index (χ0) is 42.7. The second-order valence-corrected chi connectivity index (χ2v) is 28.0. The summed E-state index contributed by atoms with van der Waals surface area (Å²) in [5.41, 5.74) is 2.72. The van der Waals surface area contributed by atoms with Crippen LogP contribution in [0.5, 0.6) is 0 Å². The van der Waals surface area contributed by atoms with Crippen LogP contribution in [0.2, 0.25) is 0 Å². The summed E-state index contributed by atoms with van der Waals surface area (Å²) in [6, 6.07) is 9.35. The Labute approximate surface area is 378 Å². The van der Waals surface area contributed by atoms with Gasteiger partial charge in [0.1, 0.15) is 0 Å². The Balaban J connectivity index is 2.67. The van der Waals surface area contributed by atoms with Crippen molar-refractivity contribution in [1.29, 1.82) is 0 Å². The van der Waals surface area contributed by atoms with E-state index >= 15 is 0 Å². The second-order valence-electron chi connectivity index (χ2n) is 19.9. The molecule has 0 saturated carbocycles. The molecule has 59 heavy (non-hydrogen) atoms. The van der Waals surface area contributed by atoms with E-state index in [1.165, 1.54) is 299 Å². The molecule has 0 saturated heterocycles. The Hall–Kier alpha value is -0.320. The summed E-state index contributed by atoms with van der Waals surface area (Å²) < 4.78 is 0. The standard InChI is InChI=1S/C57H108ClP/c1-5-9-12-15-18-21-24-27-30-33-36-39-42-45-52-59(58,55-57-50-48-56(8-4)49-51-57,53-46-43-40-37-34-31-28-25-22-19-16-13-10-6-2)54-47-44-41-38-35-32-29-26-23-20-17-14-11-7-3/h8,48-51H,4-7,9-47,52-55H2,1-3H3. The molecule has 0 nitrogen and oxygen atoms in total. The molecule has 0 N–H and O–H groups in total. The third-order valence-electron chi connectivity index (χ3n) is 14.0. The van der Waals surface area contributed by atoms with Crippen molar-refractivity contribution in [3.05, 3.63) is 42.0 Å². The second kappa shape index (κ2) is 41.7. The summed E-state index contributed by atoms with van der Waals surface area (Å²) in [4.78, 5) is 0. The molecule has 0 unspecified atom stereocenters. The van der Waals surface area contributed by atoms with Gasteiger partial charge in [0, 0.05) is 0 Å². The van der Waals surface area contributed by atoms with Crippen LogP contribution in [0.1, 0.15) is 302 Å². The van der Waals surface area contributed by atoms with E-state index in [0.29, 0.717) is 0 Å². The molecular formula is C57H108ClP. The van der Waals surface area contributed by atoms with Gasteiger partial charge < -0.3 is 0 Å². The van der Waals surface area contributed by atoms with Crippen LogP contribution in [0, 0.1) is 0 Å². The molecule has 0 fully saturated rings. The van der Waals surface area contributed by atoms with Crippen LogP contribution in [-0.2, 0) is 6.16 Å². The first-order chi connectivity index (χ1) is 29.0. The average molecular weight is 860 g/mol. The van der Waals surface area contributed by atoms with E-state index < -0.39 is 5.96 Å². The Bertz CT molecular complexity index is 917. The van der Waals surface area contributed by atoms with E-state index in [4.69, 9.17) is 11.2 Å². The minimum atomic E-state index is -2.43. The number of benzene rings is 1. The van der Waals surface area contributed by atoms with Crippen LogP contribution < -0.4 is 0 Å². The quantitative estimate of drug-likeness (QED) is 0.0452. The predicted octanol–water partition coefficient (Wildman–Crippen LogP) is 22.0. The van der Waals surface area contributed by atoms with Crippen molar-refractivity contribution < 1.29 is 0 Å². The van der Waals surface area contributed by atoms with Crippen molar-refractivity contribution in [2.45, 2.75) is 297 Å². The Kier molecular flexibility index (Phi) is 40.0. The summed E-state index contributed by atoms with van der Waals surface area (Å²) in [7, 11) is 0. The van der Waals surface area contributed by atoms with Crippen LogP contribution >= 0.6 is 17.2 Å². The van der Waals surface area contributed by atoms with Crippen molar-refractivity contribution in [2.75, 3.05) is 18.5 Å². The number of hydrogen-bond donors (Lipinski definition) is 0. The number of halogens is 1. The van der Waals surface area contributed by atoms with Gasteiger partial charge in [-0.3, -0.25) is 0 Å². The van der Waals surface area contributed by atoms with E-state index in [0.717, 1.165) is 6.16 Å². The Morgan fingerprint density at radius 2 is 0.542 bits per heavy atom. The van der Waals surface area contributed by atoms with Gasteiger partial charge in [-0.2, -0.15) is 0 Å². The van der Waals surface area contributed by atoms with Crippen LogP contribution in [0.3, 0.4) is 0 Å². The molecule has 0 aliphatic rings. The fourth-order valence-corrected chi connectivity index (χ4v) is 16.7. The number of rotatable bonds is 48. The molecule has 0 radical (unpaired) electrons. The maximum absolute atomic E-state index is 8.47. The number of hydrogen-bond acceptors (Lipinski definition) is 0. The average Bonchev–Trinajstić information content (AvgIpc) is 3.24.